The van der Waals surface area contributed by atoms with Gasteiger partial charge in [0.2, 0.25) is 0 Å². The van der Waals surface area contributed by atoms with E-state index < -0.39 is 18.8 Å². The lowest BCUT2D eigenvalue weighted by atomic mass is 10.1. The molecule has 10 heteroatoms. The van der Waals surface area contributed by atoms with E-state index in [-0.39, 0.29) is 36.4 Å². The lowest BCUT2D eigenvalue weighted by Crippen LogP contribution is -2.42. The fourth-order valence-electron chi connectivity index (χ4n) is 3.63. The Bertz CT molecular complexity index is 674. The van der Waals surface area contributed by atoms with Gasteiger partial charge in [-0.3, -0.25) is 9.89 Å². The van der Waals surface area contributed by atoms with Crippen LogP contribution in [0.1, 0.15) is 31.9 Å². The van der Waals surface area contributed by atoms with Crippen molar-refractivity contribution in [2.45, 2.75) is 32.5 Å². The Labute approximate surface area is 199 Å². The Hall–Kier alpha value is -1.27. The second-order valence-corrected chi connectivity index (χ2v) is 7.53. The summed E-state index contributed by atoms with van der Waals surface area (Å²) in [5.74, 6) is 1.56. The molecule has 2 unspecified atom stereocenters. The predicted octanol–water partition coefficient (Wildman–Crippen LogP) is 3.52. The molecule has 0 aliphatic carbocycles. The number of methoxy groups -OCH3 is 1. The van der Waals surface area contributed by atoms with Crippen LogP contribution in [0.25, 0.3) is 0 Å². The topological polar surface area (TPSA) is 60.3 Å². The first kappa shape index (κ1) is 27.8. The van der Waals surface area contributed by atoms with Crippen LogP contribution >= 0.6 is 24.0 Å². The molecule has 1 aromatic rings. The summed E-state index contributed by atoms with van der Waals surface area (Å²) in [7, 11) is 1.59. The molecule has 0 bridgehead atoms. The number of guanidine groups is 1. The summed E-state index contributed by atoms with van der Waals surface area (Å²) in [5, 5.41) is 13.7. The smallest absolute Gasteiger partial charge is 0.401 e. The number of nitrogens with zero attached hydrogens (tertiary/aromatic N) is 3. The summed E-state index contributed by atoms with van der Waals surface area (Å²) >= 11 is 0. The molecule has 0 aromatic heterocycles. The molecule has 1 saturated heterocycles. The zero-order valence-corrected chi connectivity index (χ0v) is 20.7. The van der Waals surface area contributed by atoms with Crippen LogP contribution in [0.4, 0.5) is 13.2 Å². The van der Waals surface area contributed by atoms with Crippen LogP contribution < -0.4 is 10.1 Å². The Kier molecular flexibility index (Phi) is 11.9. The molecule has 1 aliphatic rings. The molecule has 1 heterocycles. The van der Waals surface area contributed by atoms with Crippen LogP contribution in [-0.2, 0) is 0 Å². The number of ether oxygens (including phenoxy) is 1. The number of rotatable bonds is 9. The van der Waals surface area contributed by atoms with Gasteiger partial charge in [0.05, 0.1) is 26.3 Å². The highest BCUT2D eigenvalue weighted by Crippen LogP contribution is 2.22. The third-order valence-corrected chi connectivity index (χ3v) is 5.20. The van der Waals surface area contributed by atoms with E-state index in [4.69, 9.17) is 4.74 Å². The zero-order valence-electron chi connectivity index (χ0n) is 18.4. The maximum absolute atomic E-state index is 12.7. The fourth-order valence-corrected chi connectivity index (χ4v) is 3.63. The van der Waals surface area contributed by atoms with E-state index in [0.717, 1.165) is 24.3 Å². The average Bonchev–Trinajstić information content (AvgIpc) is 3.17. The Morgan fingerprint density at radius 2 is 2.00 bits per heavy atom. The molecule has 0 radical (unpaired) electrons. The van der Waals surface area contributed by atoms with Gasteiger partial charge in [0.25, 0.3) is 0 Å². The largest absolute Gasteiger partial charge is 0.497 e. The predicted molar refractivity (Wildman–Crippen MR) is 127 cm³/mol. The van der Waals surface area contributed by atoms with E-state index in [1.807, 2.05) is 6.92 Å². The standard InChI is InChI=1S/C21H33F3N4O2.HI/c1-4-25-20(26-12-19(29)17-6-8-18(30-3)9-7-17)28-11-10-16(14-28)13-27(5-2)15-21(22,23)24;/h6-9,16,19,29H,4-5,10-15H2,1-3H3,(H,25,26);1H. The van der Waals surface area contributed by atoms with E-state index in [1.54, 1.807) is 38.3 Å². The molecule has 6 nitrogen and oxygen atoms in total. The molecule has 0 spiro atoms. The molecule has 0 saturated carbocycles. The summed E-state index contributed by atoms with van der Waals surface area (Å²) in [4.78, 5) is 8.08. The molecule has 178 valence electrons. The van der Waals surface area contributed by atoms with Gasteiger partial charge in [-0.15, -0.1) is 24.0 Å². The van der Waals surface area contributed by atoms with Crippen LogP contribution in [-0.4, -0.2) is 80.0 Å². The molecule has 1 fully saturated rings. The monoisotopic (exact) mass is 558 g/mol. The molecule has 31 heavy (non-hydrogen) atoms. The molecule has 2 atom stereocenters. The van der Waals surface area contributed by atoms with Crippen molar-refractivity contribution in [3.05, 3.63) is 29.8 Å². The number of likely N-dealkylation sites (tertiary alicyclic amines) is 1. The molecule has 1 aromatic carbocycles. The number of hydrogen-bond donors (Lipinski definition) is 2. The first-order valence-electron chi connectivity index (χ1n) is 10.4. The number of benzene rings is 1. The van der Waals surface area contributed by atoms with Crippen LogP contribution in [0.15, 0.2) is 29.3 Å². The second kappa shape index (κ2) is 13.3. The van der Waals surface area contributed by atoms with Gasteiger partial charge in [0.1, 0.15) is 5.75 Å². The van der Waals surface area contributed by atoms with E-state index in [0.29, 0.717) is 32.1 Å². The maximum atomic E-state index is 12.7. The van der Waals surface area contributed by atoms with Gasteiger partial charge in [-0.1, -0.05) is 19.1 Å². The molecular weight excluding hydrogens is 524 g/mol. The van der Waals surface area contributed by atoms with E-state index in [2.05, 4.69) is 15.2 Å². The zero-order chi connectivity index (χ0) is 22.1. The summed E-state index contributed by atoms with van der Waals surface area (Å²) < 4.78 is 43.3. The maximum Gasteiger partial charge on any atom is 0.401 e. The molecule has 2 N–H and O–H groups in total. The van der Waals surface area contributed by atoms with Crippen LogP contribution in [0.2, 0.25) is 0 Å². The van der Waals surface area contributed by atoms with Gasteiger partial charge >= 0.3 is 6.18 Å². The normalized spacial score (nSPS) is 18.1. The minimum atomic E-state index is -4.18. The number of halogens is 4. The highest BCUT2D eigenvalue weighted by Gasteiger charge is 2.33. The van der Waals surface area contributed by atoms with Gasteiger partial charge in [0.15, 0.2) is 5.96 Å². The van der Waals surface area contributed by atoms with E-state index >= 15 is 0 Å². The van der Waals surface area contributed by atoms with Crippen LogP contribution in [0.3, 0.4) is 0 Å². The van der Waals surface area contributed by atoms with Gasteiger partial charge in [-0.05, 0) is 43.5 Å². The molecule has 1 aliphatic heterocycles. The van der Waals surface area contributed by atoms with Crippen molar-refractivity contribution in [3.8, 4) is 5.75 Å². The summed E-state index contributed by atoms with van der Waals surface area (Å²) in [5.41, 5.74) is 0.750. The van der Waals surface area contributed by atoms with Gasteiger partial charge in [-0.2, -0.15) is 13.2 Å². The first-order chi connectivity index (χ1) is 14.3. The number of hydrogen-bond acceptors (Lipinski definition) is 4. The van der Waals surface area contributed by atoms with E-state index in [1.165, 1.54) is 4.90 Å². The molecule has 2 rings (SSSR count). The van der Waals surface area contributed by atoms with Crippen molar-refractivity contribution in [2.24, 2.45) is 10.9 Å². The number of alkyl halides is 3. The number of aliphatic imine (C=N–C) groups is 1. The van der Waals surface area contributed by atoms with Gasteiger partial charge < -0.3 is 20.1 Å². The quantitative estimate of drug-likeness (QED) is 0.276. The second-order valence-electron chi connectivity index (χ2n) is 7.53. The minimum absolute atomic E-state index is 0. The van der Waals surface area contributed by atoms with Crippen molar-refractivity contribution in [1.29, 1.82) is 0 Å². The average molecular weight is 558 g/mol. The first-order valence-corrected chi connectivity index (χ1v) is 10.4. The highest BCUT2D eigenvalue weighted by molar-refractivity contribution is 14.0. The lowest BCUT2D eigenvalue weighted by molar-refractivity contribution is -0.146. The third kappa shape index (κ3) is 9.40. The molecule has 0 amide bonds. The molecular formula is C21H34F3IN4O2. The Morgan fingerprint density at radius 3 is 2.55 bits per heavy atom. The van der Waals surface area contributed by atoms with Crippen molar-refractivity contribution in [1.82, 2.24) is 15.1 Å². The summed E-state index contributed by atoms with van der Waals surface area (Å²) in [6.45, 7) is 5.90. The summed E-state index contributed by atoms with van der Waals surface area (Å²) in [6.07, 6.45) is -4.10. The summed E-state index contributed by atoms with van der Waals surface area (Å²) in [6, 6.07) is 7.19. The van der Waals surface area contributed by atoms with Crippen LogP contribution in [0, 0.1) is 5.92 Å². The SMILES string of the molecule is CCNC(=NCC(O)c1ccc(OC)cc1)N1CCC(CN(CC)CC(F)(F)F)C1.I. The number of aliphatic hydroxyl groups excluding tert-OH is 1. The lowest BCUT2D eigenvalue weighted by Gasteiger charge is -2.26. The van der Waals surface area contributed by atoms with Crippen LogP contribution in [0.5, 0.6) is 5.75 Å². The highest BCUT2D eigenvalue weighted by atomic mass is 127. The van der Waals surface area contributed by atoms with Crippen molar-refractivity contribution in [2.75, 3.05) is 52.9 Å². The minimum Gasteiger partial charge on any atom is -0.497 e. The third-order valence-electron chi connectivity index (χ3n) is 5.20. The fraction of sp³-hybridized carbons (Fsp3) is 0.667. The van der Waals surface area contributed by atoms with Crippen molar-refractivity contribution >= 4 is 29.9 Å². The van der Waals surface area contributed by atoms with Crippen molar-refractivity contribution < 1.29 is 23.0 Å². The van der Waals surface area contributed by atoms with Gasteiger partial charge in [-0.25, -0.2) is 0 Å². The Balaban J connectivity index is 0.00000480. The number of aliphatic hydroxyl groups is 1. The van der Waals surface area contributed by atoms with Gasteiger partial charge in [0, 0.05) is 26.2 Å². The van der Waals surface area contributed by atoms with Crippen molar-refractivity contribution in [3.63, 3.8) is 0 Å². The Morgan fingerprint density at radius 1 is 1.32 bits per heavy atom. The number of nitrogens with one attached hydrogen (secondary N) is 1. The van der Waals surface area contributed by atoms with E-state index in [9.17, 15) is 18.3 Å².